The summed E-state index contributed by atoms with van der Waals surface area (Å²) in [4.78, 5) is 17.5. The van der Waals surface area contributed by atoms with Crippen molar-refractivity contribution >= 4 is 87.5 Å². The van der Waals surface area contributed by atoms with E-state index in [-0.39, 0.29) is 0 Å². The SMILES string of the molecule is c1cc2c(cn1)c1cnccc1n2-c1ccc2oc3cc4c(cc3c2c1)oc1ccc(-n2c3ccncc3c3cnccc32)cc14. The molecule has 0 saturated carbocycles. The van der Waals surface area contributed by atoms with Gasteiger partial charge in [-0.2, -0.15) is 0 Å². The zero-order valence-electron chi connectivity index (χ0n) is 24.0. The molecule has 46 heavy (non-hydrogen) atoms. The average molecular weight is 593 g/mol. The molecule has 0 atom stereocenters. The molecule has 0 spiro atoms. The van der Waals surface area contributed by atoms with Crippen molar-refractivity contribution in [3.63, 3.8) is 0 Å². The molecule has 0 unspecified atom stereocenters. The van der Waals surface area contributed by atoms with Crippen LogP contribution in [0.2, 0.25) is 0 Å². The van der Waals surface area contributed by atoms with Crippen molar-refractivity contribution in [2.75, 3.05) is 0 Å². The van der Waals surface area contributed by atoms with E-state index in [1.165, 1.54) is 0 Å². The number of hydrogen-bond acceptors (Lipinski definition) is 6. The summed E-state index contributed by atoms with van der Waals surface area (Å²) in [6.45, 7) is 0. The number of furan rings is 2. The van der Waals surface area contributed by atoms with Gasteiger partial charge in [-0.25, -0.2) is 0 Å². The summed E-state index contributed by atoms with van der Waals surface area (Å²) in [5.74, 6) is 0. The minimum absolute atomic E-state index is 0.817. The number of aromatic nitrogens is 6. The number of nitrogens with zero attached hydrogens (tertiary/aromatic N) is 6. The molecular weight excluding hydrogens is 572 g/mol. The molecule has 0 N–H and O–H groups in total. The molecule has 214 valence electrons. The first-order valence-corrected chi connectivity index (χ1v) is 15.0. The Labute approximate surface area is 258 Å². The van der Waals surface area contributed by atoms with Gasteiger partial charge < -0.3 is 18.0 Å². The fourth-order valence-electron chi connectivity index (χ4n) is 7.27. The van der Waals surface area contributed by atoms with E-state index in [1.54, 1.807) is 0 Å². The van der Waals surface area contributed by atoms with Gasteiger partial charge in [0.1, 0.15) is 22.3 Å². The van der Waals surface area contributed by atoms with Gasteiger partial charge in [-0.15, -0.1) is 0 Å². The van der Waals surface area contributed by atoms with Crippen molar-refractivity contribution < 1.29 is 8.83 Å². The molecular formula is C38H20N6O2. The Morgan fingerprint density at radius 1 is 0.348 bits per heavy atom. The molecule has 8 nitrogen and oxygen atoms in total. The van der Waals surface area contributed by atoms with Crippen LogP contribution in [0.4, 0.5) is 0 Å². The summed E-state index contributed by atoms with van der Waals surface area (Å²) in [5, 5.41) is 8.36. The summed E-state index contributed by atoms with van der Waals surface area (Å²) in [7, 11) is 0. The van der Waals surface area contributed by atoms with E-state index < -0.39 is 0 Å². The zero-order chi connectivity index (χ0) is 29.9. The first-order chi connectivity index (χ1) is 22.8. The van der Waals surface area contributed by atoms with E-state index in [0.717, 1.165) is 98.9 Å². The highest BCUT2D eigenvalue weighted by Gasteiger charge is 2.18. The van der Waals surface area contributed by atoms with E-state index in [1.807, 2.05) is 73.8 Å². The lowest BCUT2D eigenvalue weighted by Gasteiger charge is -2.07. The van der Waals surface area contributed by atoms with E-state index in [2.05, 4.69) is 77.6 Å². The normalized spacial score (nSPS) is 12.3. The molecule has 0 fully saturated rings. The van der Waals surface area contributed by atoms with E-state index in [9.17, 15) is 0 Å². The summed E-state index contributed by atoms with van der Waals surface area (Å²) < 4.78 is 17.4. The van der Waals surface area contributed by atoms with Crippen LogP contribution >= 0.6 is 0 Å². The Balaban J connectivity index is 1.13. The number of benzene rings is 3. The van der Waals surface area contributed by atoms with Crippen LogP contribution in [0.3, 0.4) is 0 Å². The van der Waals surface area contributed by atoms with Gasteiger partial charge in [0.25, 0.3) is 0 Å². The van der Waals surface area contributed by atoms with Crippen LogP contribution in [0.5, 0.6) is 0 Å². The molecule has 0 aliphatic carbocycles. The van der Waals surface area contributed by atoms with Crippen molar-refractivity contribution in [3.05, 3.63) is 122 Å². The maximum absolute atomic E-state index is 6.45. The molecule has 0 bridgehead atoms. The topological polar surface area (TPSA) is 87.7 Å². The fourth-order valence-corrected chi connectivity index (χ4v) is 7.27. The second-order valence-electron chi connectivity index (χ2n) is 11.7. The van der Waals surface area contributed by atoms with Crippen molar-refractivity contribution in [2.45, 2.75) is 0 Å². The molecule has 8 aromatic heterocycles. The highest BCUT2D eigenvalue weighted by atomic mass is 16.3. The van der Waals surface area contributed by atoms with Crippen LogP contribution in [-0.2, 0) is 0 Å². The van der Waals surface area contributed by atoms with Gasteiger partial charge in [0.05, 0.1) is 22.1 Å². The number of pyridine rings is 4. The summed E-state index contributed by atoms with van der Waals surface area (Å²) in [5.41, 5.74) is 9.69. The van der Waals surface area contributed by atoms with Gasteiger partial charge in [-0.1, -0.05) is 0 Å². The Kier molecular flexibility index (Phi) is 4.43. The standard InChI is InChI=1S/C38H20N6O2/c1-3-35-23(13-21(1)43-31-5-9-39-17-27(31)28-18-40-10-6-32(28)43)25-15-38-26(16-37(25)45-35)24-14-22(2-4-36(24)46-38)44-33-7-11-41-19-29(33)30-20-42-12-8-34(30)44/h1-20H. The fraction of sp³-hybridized carbons (Fsp3) is 0. The molecule has 3 aromatic carbocycles. The minimum atomic E-state index is 0.817. The van der Waals surface area contributed by atoms with Crippen LogP contribution in [-0.4, -0.2) is 29.1 Å². The number of fused-ring (bicyclic) bond motifs is 12. The van der Waals surface area contributed by atoms with E-state index in [0.29, 0.717) is 0 Å². The van der Waals surface area contributed by atoms with Crippen LogP contribution < -0.4 is 0 Å². The monoisotopic (exact) mass is 592 g/mol. The van der Waals surface area contributed by atoms with Gasteiger partial charge in [0.15, 0.2) is 0 Å². The molecule has 0 aliphatic rings. The van der Waals surface area contributed by atoms with Crippen molar-refractivity contribution in [2.24, 2.45) is 0 Å². The van der Waals surface area contributed by atoms with Crippen LogP contribution in [0, 0.1) is 0 Å². The predicted octanol–water partition coefficient (Wildman–Crippen LogP) is 9.26. The quantitative estimate of drug-likeness (QED) is 0.199. The first kappa shape index (κ1) is 23.9. The molecule has 11 aromatic rings. The lowest BCUT2D eigenvalue weighted by Crippen LogP contribution is -1.93. The molecule has 8 heteroatoms. The van der Waals surface area contributed by atoms with Crippen molar-refractivity contribution in [3.8, 4) is 11.4 Å². The largest absolute Gasteiger partial charge is 0.456 e. The molecule has 8 heterocycles. The second kappa shape index (κ2) is 8.55. The highest BCUT2D eigenvalue weighted by molar-refractivity contribution is 6.16. The summed E-state index contributed by atoms with van der Waals surface area (Å²) in [6.07, 6.45) is 14.9. The maximum atomic E-state index is 6.45. The zero-order valence-corrected chi connectivity index (χ0v) is 24.0. The number of hydrogen-bond donors (Lipinski definition) is 0. The molecule has 0 amide bonds. The van der Waals surface area contributed by atoms with Crippen LogP contribution in [0.1, 0.15) is 0 Å². The summed E-state index contributed by atoms with van der Waals surface area (Å²) >= 11 is 0. The van der Waals surface area contributed by atoms with Gasteiger partial charge >= 0.3 is 0 Å². The predicted molar refractivity (Wildman–Crippen MR) is 181 cm³/mol. The maximum Gasteiger partial charge on any atom is 0.136 e. The lowest BCUT2D eigenvalue weighted by atomic mass is 10.1. The molecule has 11 rings (SSSR count). The third-order valence-corrected chi connectivity index (χ3v) is 9.28. The Morgan fingerprint density at radius 3 is 1.07 bits per heavy atom. The highest BCUT2D eigenvalue weighted by Crippen LogP contribution is 2.40. The smallest absolute Gasteiger partial charge is 0.136 e. The van der Waals surface area contributed by atoms with Crippen molar-refractivity contribution in [1.29, 1.82) is 0 Å². The molecule has 0 aliphatic heterocycles. The van der Waals surface area contributed by atoms with Crippen molar-refractivity contribution in [1.82, 2.24) is 29.1 Å². The lowest BCUT2D eigenvalue weighted by molar-refractivity contribution is 0.664. The van der Waals surface area contributed by atoms with Gasteiger partial charge in [0.2, 0.25) is 0 Å². The van der Waals surface area contributed by atoms with Gasteiger partial charge in [0, 0.05) is 104 Å². The van der Waals surface area contributed by atoms with Gasteiger partial charge in [-0.3, -0.25) is 19.9 Å². The molecule has 0 saturated heterocycles. The first-order valence-electron chi connectivity index (χ1n) is 15.0. The molecule has 0 radical (unpaired) electrons. The Morgan fingerprint density at radius 2 is 0.696 bits per heavy atom. The third kappa shape index (κ3) is 3.07. The Hall–Kier alpha value is -6.54. The average Bonchev–Trinajstić information content (AvgIpc) is 3.84. The van der Waals surface area contributed by atoms with E-state index in [4.69, 9.17) is 8.83 Å². The van der Waals surface area contributed by atoms with Crippen LogP contribution in [0.25, 0.3) is 98.9 Å². The Bertz CT molecular complexity index is 2740. The summed E-state index contributed by atoms with van der Waals surface area (Å²) in [6, 6.07) is 25.1. The van der Waals surface area contributed by atoms with Gasteiger partial charge in [-0.05, 0) is 72.8 Å². The van der Waals surface area contributed by atoms with E-state index >= 15 is 0 Å². The second-order valence-corrected chi connectivity index (χ2v) is 11.7. The van der Waals surface area contributed by atoms with Crippen LogP contribution in [0.15, 0.2) is 131 Å². The third-order valence-electron chi connectivity index (χ3n) is 9.28. The minimum Gasteiger partial charge on any atom is -0.456 e. The number of rotatable bonds is 2.